The minimum Gasteiger partial charge on any atom is -0.496 e. The number of hydrogen-bond donors (Lipinski definition) is 0. The van der Waals surface area contributed by atoms with Crippen LogP contribution in [0.3, 0.4) is 0 Å². The lowest BCUT2D eigenvalue weighted by Crippen LogP contribution is -2.17. The summed E-state index contributed by atoms with van der Waals surface area (Å²) in [5, 5.41) is 2.48. The van der Waals surface area contributed by atoms with Crippen LogP contribution < -0.4 is 20.1 Å². The van der Waals surface area contributed by atoms with Crippen molar-refractivity contribution >= 4 is 18.5 Å². The molecule has 0 heterocycles. The standard InChI is InChI=1S/C21H21O2P/c1-22-18-12-6-8-14-20(18)24(16-17-10-4-3-5-11-17)21-15-9-7-13-19(21)23-2/h3-15H,16H2,1-2H3. The summed E-state index contributed by atoms with van der Waals surface area (Å²) in [6.07, 6.45) is 0.955. The van der Waals surface area contributed by atoms with Crippen molar-refractivity contribution in [1.82, 2.24) is 0 Å². The smallest absolute Gasteiger partial charge is 0.126 e. The van der Waals surface area contributed by atoms with Crippen LogP contribution in [-0.4, -0.2) is 14.2 Å². The predicted octanol–water partition coefficient (Wildman–Crippen LogP) is 4.34. The molecule has 3 rings (SSSR count). The number of benzene rings is 3. The van der Waals surface area contributed by atoms with Gasteiger partial charge in [-0.2, -0.15) is 0 Å². The minimum absolute atomic E-state index is 0.630. The monoisotopic (exact) mass is 336 g/mol. The van der Waals surface area contributed by atoms with Crippen molar-refractivity contribution in [2.24, 2.45) is 0 Å². The van der Waals surface area contributed by atoms with Crippen LogP contribution in [0.15, 0.2) is 78.9 Å². The molecule has 2 nitrogen and oxygen atoms in total. The molecule has 0 aliphatic rings. The lowest BCUT2D eigenvalue weighted by Gasteiger charge is -2.23. The first-order valence-electron chi connectivity index (χ1n) is 7.91. The SMILES string of the molecule is COc1ccccc1P(Cc1ccccc1)c1ccccc1OC. The number of methoxy groups -OCH3 is 2. The van der Waals surface area contributed by atoms with Gasteiger partial charge in [-0.1, -0.05) is 66.7 Å². The van der Waals surface area contributed by atoms with Crippen molar-refractivity contribution in [3.8, 4) is 11.5 Å². The Kier molecular flexibility index (Phi) is 5.51. The highest BCUT2D eigenvalue weighted by atomic mass is 31.1. The average Bonchev–Trinajstić information content (AvgIpc) is 2.67. The van der Waals surface area contributed by atoms with Crippen LogP contribution in [-0.2, 0) is 6.16 Å². The van der Waals surface area contributed by atoms with Crippen LogP contribution >= 0.6 is 7.92 Å². The van der Waals surface area contributed by atoms with Gasteiger partial charge in [0.1, 0.15) is 11.5 Å². The van der Waals surface area contributed by atoms with Gasteiger partial charge in [0.15, 0.2) is 0 Å². The largest absolute Gasteiger partial charge is 0.496 e. The Hall–Kier alpha value is -2.31. The summed E-state index contributed by atoms with van der Waals surface area (Å²) in [6.45, 7) is 0. The number of para-hydroxylation sites is 2. The summed E-state index contributed by atoms with van der Waals surface area (Å²) in [5.74, 6) is 1.87. The summed E-state index contributed by atoms with van der Waals surface area (Å²) < 4.78 is 11.3. The van der Waals surface area contributed by atoms with Crippen LogP contribution in [0.2, 0.25) is 0 Å². The normalized spacial score (nSPS) is 10.6. The Morgan fingerprint density at radius 1 is 0.625 bits per heavy atom. The first-order chi connectivity index (χ1) is 11.8. The number of rotatable bonds is 6. The first-order valence-corrected chi connectivity index (χ1v) is 9.43. The van der Waals surface area contributed by atoms with Gasteiger partial charge >= 0.3 is 0 Å². The molecule has 122 valence electrons. The van der Waals surface area contributed by atoms with Gasteiger partial charge in [0.25, 0.3) is 0 Å². The highest BCUT2D eigenvalue weighted by Crippen LogP contribution is 2.43. The van der Waals surface area contributed by atoms with Crippen molar-refractivity contribution in [2.75, 3.05) is 14.2 Å². The molecule has 0 saturated carbocycles. The molecular formula is C21H21O2P. The highest BCUT2D eigenvalue weighted by Gasteiger charge is 2.21. The molecular weight excluding hydrogens is 315 g/mol. The lowest BCUT2D eigenvalue weighted by atomic mass is 10.2. The van der Waals surface area contributed by atoms with E-state index in [9.17, 15) is 0 Å². The summed E-state index contributed by atoms with van der Waals surface area (Å²) in [5.41, 5.74) is 1.32. The molecule has 0 saturated heterocycles. The third-order valence-electron chi connectivity index (χ3n) is 3.94. The fraction of sp³-hybridized carbons (Fsp3) is 0.143. The van der Waals surface area contributed by atoms with Crippen molar-refractivity contribution in [3.05, 3.63) is 84.4 Å². The third-order valence-corrected chi connectivity index (χ3v) is 6.52. The topological polar surface area (TPSA) is 18.5 Å². The quantitative estimate of drug-likeness (QED) is 0.624. The maximum Gasteiger partial charge on any atom is 0.126 e. The van der Waals surface area contributed by atoms with E-state index in [0.717, 1.165) is 17.7 Å². The molecule has 0 fully saturated rings. The van der Waals surface area contributed by atoms with E-state index in [1.807, 2.05) is 24.3 Å². The van der Waals surface area contributed by atoms with Crippen molar-refractivity contribution in [2.45, 2.75) is 6.16 Å². The zero-order chi connectivity index (χ0) is 16.8. The van der Waals surface area contributed by atoms with Gasteiger partial charge in [-0.05, 0) is 25.6 Å². The first kappa shape index (κ1) is 16.5. The van der Waals surface area contributed by atoms with Gasteiger partial charge in [0.05, 0.1) is 14.2 Å². The molecule has 0 aliphatic carbocycles. The maximum atomic E-state index is 5.63. The van der Waals surface area contributed by atoms with E-state index in [0.29, 0.717) is 0 Å². The molecule has 0 unspecified atom stereocenters. The van der Waals surface area contributed by atoms with E-state index in [1.54, 1.807) is 14.2 Å². The summed E-state index contributed by atoms with van der Waals surface area (Å²) in [7, 11) is 2.84. The molecule has 3 heteroatoms. The second kappa shape index (κ2) is 7.99. The maximum absolute atomic E-state index is 5.63. The molecule has 0 aliphatic heterocycles. The van der Waals surface area contributed by atoms with Gasteiger partial charge in [0, 0.05) is 16.8 Å². The molecule has 3 aromatic carbocycles. The Labute approximate surface area is 144 Å². The second-order valence-electron chi connectivity index (χ2n) is 5.42. The molecule has 0 amide bonds. The predicted molar refractivity (Wildman–Crippen MR) is 102 cm³/mol. The minimum atomic E-state index is -0.630. The number of hydrogen-bond acceptors (Lipinski definition) is 2. The fourth-order valence-electron chi connectivity index (χ4n) is 2.77. The van der Waals surface area contributed by atoms with Crippen LogP contribution in [0, 0.1) is 0 Å². The Balaban J connectivity index is 2.10. The molecule has 0 spiro atoms. The van der Waals surface area contributed by atoms with E-state index < -0.39 is 7.92 Å². The Morgan fingerprint density at radius 3 is 1.58 bits per heavy atom. The Morgan fingerprint density at radius 2 is 1.08 bits per heavy atom. The van der Waals surface area contributed by atoms with E-state index in [1.165, 1.54) is 16.2 Å². The lowest BCUT2D eigenvalue weighted by molar-refractivity contribution is 0.417. The van der Waals surface area contributed by atoms with E-state index in [-0.39, 0.29) is 0 Å². The Bertz CT molecular complexity index is 739. The average molecular weight is 336 g/mol. The third kappa shape index (κ3) is 3.60. The zero-order valence-corrected chi connectivity index (χ0v) is 14.9. The van der Waals surface area contributed by atoms with E-state index >= 15 is 0 Å². The molecule has 0 radical (unpaired) electrons. The van der Waals surface area contributed by atoms with E-state index in [4.69, 9.17) is 9.47 Å². The summed E-state index contributed by atoms with van der Waals surface area (Å²) >= 11 is 0. The molecule has 3 aromatic rings. The zero-order valence-electron chi connectivity index (χ0n) is 14.0. The van der Waals surface area contributed by atoms with Crippen LogP contribution in [0.25, 0.3) is 0 Å². The molecule has 24 heavy (non-hydrogen) atoms. The molecule has 0 N–H and O–H groups in total. The highest BCUT2D eigenvalue weighted by molar-refractivity contribution is 7.72. The summed E-state index contributed by atoms with van der Waals surface area (Å²) in [4.78, 5) is 0. The summed E-state index contributed by atoms with van der Waals surface area (Å²) in [6, 6.07) is 27.2. The van der Waals surface area contributed by atoms with Crippen molar-refractivity contribution < 1.29 is 9.47 Å². The van der Waals surface area contributed by atoms with Gasteiger partial charge in [-0.15, -0.1) is 0 Å². The van der Waals surface area contributed by atoms with Crippen LogP contribution in [0.4, 0.5) is 0 Å². The second-order valence-corrected chi connectivity index (χ2v) is 7.55. The van der Waals surface area contributed by atoms with Gasteiger partial charge in [-0.25, -0.2) is 0 Å². The van der Waals surface area contributed by atoms with Crippen molar-refractivity contribution in [1.29, 1.82) is 0 Å². The van der Waals surface area contributed by atoms with Gasteiger partial charge < -0.3 is 9.47 Å². The van der Waals surface area contributed by atoms with Gasteiger partial charge in [0.2, 0.25) is 0 Å². The van der Waals surface area contributed by atoms with Crippen molar-refractivity contribution in [3.63, 3.8) is 0 Å². The van der Waals surface area contributed by atoms with E-state index in [2.05, 4.69) is 54.6 Å². The molecule has 0 bridgehead atoms. The van der Waals surface area contributed by atoms with Crippen LogP contribution in [0.1, 0.15) is 5.56 Å². The van der Waals surface area contributed by atoms with Gasteiger partial charge in [-0.3, -0.25) is 0 Å². The van der Waals surface area contributed by atoms with Crippen LogP contribution in [0.5, 0.6) is 11.5 Å². The molecule has 0 aromatic heterocycles. The molecule has 0 atom stereocenters. The fourth-order valence-corrected chi connectivity index (χ4v) is 5.34. The number of ether oxygens (including phenoxy) is 2.